The lowest BCUT2D eigenvalue weighted by Gasteiger charge is -1.87. The van der Waals surface area contributed by atoms with E-state index in [-0.39, 0.29) is 0 Å². The minimum Gasteiger partial charge on any atom is -0.0807 e. The molecule has 0 spiro atoms. The van der Waals surface area contributed by atoms with E-state index in [2.05, 4.69) is 48.6 Å². The Morgan fingerprint density at radius 1 is 0.583 bits per heavy atom. The van der Waals surface area contributed by atoms with Crippen LogP contribution >= 0.6 is 0 Å². The van der Waals surface area contributed by atoms with Crippen molar-refractivity contribution in [2.75, 3.05) is 0 Å². The van der Waals surface area contributed by atoms with Crippen molar-refractivity contribution >= 4 is 0 Å². The molecule has 1 saturated carbocycles. The van der Waals surface area contributed by atoms with E-state index in [9.17, 15) is 0 Å². The van der Waals surface area contributed by atoms with Gasteiger partial charge in [0.2, 0.25) is 0 Å². The van der Waals surface area contributed by atoms with Crippen molar-refractivity contribution in [1.82, 2.24) is 0 Å². The maximum Gasteiger partial charge on any atom is -0.00131 e. The van der Waals surface area contributed by atoms with Crippen LogP contribution in [-0.2, 0) is 0 Å². The first-order chi connectivity index (χ1) is 5.97. The zero-order chi connectivity index (χ0) is 7.97. The van der Waals surface area contributed by atoms with Gasteiger partial charge in [-0.15, -0.1) is 0 Å². The predicted octanol–water partition coefficient (Wildman–Crippen LogP) is 2.72. The van der Waals surface area contributed by atoms with Crippen LogP contribution in [0.5, 0.6) is 0 Å². The summed E-state index contributed by atoms with van der Waals surface area (Å²) in [4.78, 5) is 0. The quantitative estimate of drug-likeness (QED) is 0.512. The minimum absolute atomic E-state index is 0.825. The van der Waals surface area contributed by atoms with Crippen LogP contribution in [-0.4, -0.2) is 0 Å². The maximum atomic E-state index is 2.36. The van der Waals surface area contributed by atoms with Gasteiger partial charge in [0.05, 0.1) is 0 Å². The van der Waals surface area contributed by atoms with Gasteiger partial charge in [-0.25, -0.2) is 0 Å². The Morgan fingerprint density at radius 3 is 1.67 bits per heavy atom. The fourth-order valence-electron chi connectivity index (χ4n) is 2.25. The van der Waals surface area contributed by atoms with Gasteiger partial charge in [-0.2, -0.15) is 0 Å². The second-order valence-electron chi connectivity index (χ2n) is 3.85. The molecule has 3 aliphatic carbocycles. The van der Waals surface area contributed by atoms with Gasteiger partial charge in [-0.05, 0) is 23.7 Å². The highest BCUT2D eigenvalue weighted by molar-refractivity contribution is 5.31. The van der Waals surface area contributed by atoms with Gasteiger partial charge in [0.15, 0.2) is 0 Å². The molecule has 12 heavy (non-hydrogen) atoms. The number of fused-ring (bicyclic) bond motifs is 1. The Kier molecular flexibility index (Phi) is 1.20. The van der Waals surface area contributed by atoms with Crippen molar-refractivity contribution in [3.63, 3.8) is 0 Å². The highest BCUT2D eigenvalue weighted by atomic mass is 14.5. The highest BCUT2D eigenvalue weighted by Gasteiger charge is 2.51. The van der Waals surface area contributed by atoms with Crippen molar-refractivity contribution in [3.8, 4) is 0 Å². The average molecular weight is 156 g/mol. The smallest absolute Gasteiger partial charge is 0.00131 e. The molecule has 0 heteroatoms. The Hall–Kier alpha value is -1.04. The summed E-state index contributed by atoms with van der Waals surface area (Å²) in [5.41, 5.74) is 0. The third kappa shape index (κ3) is 0.911. The monoisotopic (exact) mass is 156 g/mol. The molecule has 3 rings (SSSR count). The Labute approximate surface area is 73.0 Å². The van der Waals surface area contributed by atoms with Crippen LogP contribution in [0, 0.1) is 23.7 Å². The van der Waals surface area contributed by atoms with Crippen molar-refractivity contribution < 1.29 is 0 Å². The van der Waals surface area contributed by atoms with Crippen LogP contribution in [0.4, 0.5) is 0 Å². The van der Waals surface area contributed by atoms with Crippen LogP contribution < -0.4 is 0 Å². The molecular weight excluding hydrogens is 144 g/mol. The summed E-state index contributed by atoms with van der Waals surface area (Å²) in [5, 5.41) is 0. The first-order valence-electron chi connectivity index (χ1n) is 4.67. The molecule has 60 valence electrons. The van der Waals surface area contributed by atoms with Gasteiger partial charge in [0.25, 0.3) is 0 Å². The third-order valence-electron chi connectivity index (χ3n) is 3.05. The van der Waals surface area contributed by atoms with Gasteiger partial charge in [0.1, 0.15) is 0 Å². The molecule has 2 atom stereocenters. The van der Waals surface area contributed by atoms with Crippen molar-refractivity contribution in [2.45, 2.75) is 0 Å². The molecule has 0 aliphatic heterocycles. The van der Waals surface area contributed by atoms with E-state index in [0.717, 1.165) is 23.7 Å². The Bertz CT molecular complexity index is 276. The van der Waals surface area contributed by atoms with Gasteiger partial charge in [-0.3, -0.25) is 0 Å². The summed E-state index contributed by atoms with van der Waals surface area (Å²) in [6, 6.07) is 0. The van der Waals surface area contributed by atoms with E-state index in [1.807, 2.05) is 0 Å². The molecule has 1 fully saturated rings. The second-order valence-corrected chi connectivity index (χ2v) is 3.85. The average Bonchev–Trinajstić information content (AvgIpc) is 2.82. The zero-order valence-electron chi connectivity index (χ0n) is 6.93. The Balaban J connectivity index is 1.81. The maximum absolute atomic E-state index is 2.36. The molecule has 0 aromatic carbocycles. The molecule has 0 aromatic heterocycles. The SMILES string of the molecule is C1=CC1C1C2\C=C/C=C\C=C/C21. The minimum atomic E-state index is 0.825. The lowest BCUT2D eigenvalue weighted by atomic mass is 10.2. The van der Waals surface area contributed by atoms with E-state index < -0.39 is 0 Å². The predicted molar refractivity (Wildman–Crippen MR) is 50.5 cm³/mol. The lowest BCUT2D eigenvalue weighted by molar-refractivity contribution is 0.711. The summed E-state index contributed by atoms with van der Waals surface area (Å²) in [5.74, 6) is 3.38. The van der Waals surface area contributed by atoms with Crippen LogP contribution in [0.2, 0.25) is 0 Å². The summed E-state index contributed by atoms with van der Waals surface area (Å²) in [7, 11) is 0. The summed E-state index contributed by atoms with van der Waals surface area (Å²) >= 11 is 0. The van der Waals surface area contributed by atoms with Gasteiger partial charge in [-0.1, -0.05) is 48.6 Å². The molecule has 0 saturated heterocycles. The van der Waals surface area contributed by atoms with E-state index in [1.54, 1.807) is 0 Å². The topological polar surface area (TPSA) is 0 Å². The van der Waals surface area contributed by atoms with Crippen LogP contribution in [0.3, 0.4) is 0 Å². The zero-order valence-corrected chi connectivity index (χ0v) is 6.93. The van der Waals surface area contributed by atoms with Crippen molar-refractivity contribution in [2.24, 2.45) is 23.7 Å². The lowest BCUT2D eigenvalue weighted by Crippen LogP contribution is -1.82. The third-order valence-corrected chi connectivity index (χ3v) is 3.05. The number of allylic oxidation sites excluding steroid dienone is 8. The van der Waals surface area contributed by atoms with E-state index in [4.69, 9.17) is 0 Å². The molecule has 0 heterocycles. The van der Waals surface area contributed by atoms with Crippen LogP contribution in [0.15, 0.2) is 48.6 Å². The first kappa shape index (κ1) is 6.47. The molecule has 0 amide bonds. The number of hydrogen-bond donors (Lipinski definition) is 0. The largest absolute Gasteiger partial charge is 0.0807 e. The van der Waals surface area contributed by atoms with E-state index in [0.29, 0.717) is 0 Å². The summed E-state index contributed by atoms with van der Waals surface area (Å²) in [6.07, 6.45) is 18.0. The molecule has 0 bridgehead atoms. The summed E-state index contributed by atoms with van der Waals surface area (Å²) < 4.78 is 0. The summed E-state index contributed by atoms with van der Waals surface area (Å²) in [6.45, 7) is 0. The van der Waals surface area contributed by atoms with Gasteiger partial charge >= 0.3 is 0 Å². The van der Waals surface area contributed by atoms with Crippen LogP contribution in [0.25, 0.3) is 0 Å². The number of rotatable bonds is 1. The molecule has 0 N–H and O–H groups in total. The second kappa shape index (κ2) is 2.22. The fourth-order valence-corrected chi connectivity index (χ4v) is 2.25. The van der Waals surface area contributed by atoms with Crippen molar-refractivity contribution in [1.29, 1.82) is 0 Å². The fraction of sp³-hybridized carbons (Fsp3) is 0.333. The molecule has 0 aromatic rings. The van der Waals surface area contributed by atoms with Crippen LogP contribution in [0.1, 0.15) is 0 Å². The molecule has 0 nitrogen and oxygen atoms in total. The Morgan fingerprint density at radius 2 is 1.17 bits per heavy atom. The standard InChI is InChI=1S/C12H12/c1-2-4-6-11-10(5-3-1)12(11)9-7-8-9/h1-12H/b2-1-,5-3-,6-4-. The van der Waals surface area contributed by atoms with Crippen molar-refractivity contribution in [3.05, 3.63) is 48.6 Å². The first-order valence-corrected chi connectivity index (χ1v) is 4.67. The normalized spacial score (nSPS) is 50.2. The van der Waals surface area contributed by atoms with Gasteiger partial charge < -0.3 is 0 Å². The molecule has 3 aliphatic rings. The molecule has 0 radical (unpaired) electrons. The van der Waals surface area contributed by atoms with Gasteiger partial charge in [0, 0.05) is 0 Å². The molecular formula is C12H12. The molecule has 2 unspecified atom stereocenters. The van der Waals surface area contributed by atoms with E-state index >= 15 is 0 Å². The van der Waals surface area contributed by atoms with E-state index in [1.165, 1.54) is 0 Å². The number of hydrogen-bond acceptors (Lipinski definition) is 0. The highest BCUT2D eigenvalue weighted by Crippen LogP contribution is 2.56.